The third kappa shape index (κ3) is 3.28. The van der Waals surface area contributed by atoms with E-state index in [0.29, 0.717) is 23.9 Å². The normalized spacial score (nSPS) is 42.9. The first kappa shape index (κ1) is 22.3. The molecular formula is C28H44O2. The number of aliphatic hydroxyl groups is 1. The van der Waals surface area contributed by atoms with Crippen LogP contribution in [-0.2, 0) is 4.74 Å². The zero-order valence-electron chi connectivity index (χ0n) is 20.4. The first-order valence-corrected chi connectivity index (χ1v) is 12.4. The van der Waals surface area contributed by atoms with Crippen LogP contribution < -0.4 is 0 Å². The van der Waals surface area contributed by atoms with Gasteiger partial charge < -0.3 is 9.84 Å². The predicted molar refractivity (Wildman–Crippen MR) is 125 cm³/mol. The molecule has 2 nitrogen and oxygen atoms in total. The minimum atomic E-state index is -0.182. The Morgan fingerprint density at radius 3 is 2.60 bits per heavy atom. The van der Waals surface area contributed by atoms with Crippen molar-refractivity contribution in [1.29, 1.82) is 0 Å². The highest BCUT2D eigenvalue weighted by molar-refractivity contribution is 5.42. The Labute approximate surface area is 184 Å². The van der Waals surface area contributed by atoms with E-state index in [1.165, 1.54) is 31.3 Å². The Bertz CT molecular complexity index is 768. The third-order valence-electron chi connectivity index (χ3n) is 9.90. The van der Waals surface area contributed by atoms with Crippen molar-refractivity contribution < 1.29 is 9.84 Å². The number of hydrogen-bond donors (Lipinski definition) is 1. The van der Waals surface area contributed by atoms with Crippen LogP contribution in [0.1, 0.15) is 87.0 Å². The van der Waals surface area contributed by atoms with Gasteiger partial charge in [-0.1, -0.05) is 57.1 Å². The van der Waals surface area contributed by atoms with Crippen LogP contribution in [0.15, 0.2) is 34.9 Å². The van der Waals surface area contributed by atoms with Crippen LogP contribution in [0.25, 0.3) is 0 Å². The van der Waals surface area contributed by atoms with Crippen molar-refractivity contribution >= 4 is 0 Å². The summed E-state index contributed by atoms with van der Waals surface area (Å²) < 4.78 is 6.29. The molecule has 1 N–H and O–H groups in total. The molecule has 0 amide bonds. The van der Waals surface area contributed by atoms with Gasteiger partial charge in [0.05, 0.1) is 18.8 Å². The number of rotatable bonds is 4. The van der Waals surface area contributed by atoms with Gasteiger partial charge in [0.25, 0.3) is 0 Å². The topological polar surface area (TPSA) is 29.5 Å². The van der Waals surface area contributed by atoms with E-state index in [2.05, 4.69) is 66.7 Å². The van der Waals surface area contributed by atoms with Gasteiger partial charge in [-0.05, 0) is 98.9 Å². The minimum absolute atomic E-state index is 0.0358. The molecule has 0 aliphatic heterocycles. The van der Waals surface area contributed by atoms with Crippen molar-refractivity contribution in [3.05, 3.63) is 34.9 Å². The molecule has 0 aromatic heterocycles. The summed E-state index contributed by atoms with van der Waals surface area (Å²) in [6.07, 6.45) is 14.5. The lowest BCUT2D eigenvalue weighted by atomic mass is 9.46. The van der Waals surface area contributed by atoms with Gasteiger partial charge in [-0.25, -0.2) is 0 Å². The van der Waals surface area contributed by atoms with Crippen molar-refractivity contribution in [3.8, 4) is 0 Å². The summed E-state index contributed by atoms with van der Waals surface area (Å²) in [7, 11) is 0. The molecule has 0 heterocycles. The van der Waals surface area contributed by atoms with Crippen molar-refractivity contribution in [2.75, 3.05) is 6.61 Å². The van der Waals surface area contributed by atoms with Crippen molar-refractivity contribution in [2.24, 2.45) is 34.0 Å². The molecule has 2 heteroatoms. The fraction of sp³-hybridized carbons (Fsp3) is 0.786. The summed E-state index contributed by atoms with van der Waals surface area (Å²) in [5.41, 5.74) is 5.26. The van der Waals surface area contributed by atoms with Gasteiger partial charge in [-0.15, -0.1) is 0 Å². The number of allylic oxidation sites excluding steroid dienone is 5. The Hall–Kier alpha value is -0.860. The van der Waals surface area contributed by atoms with Crippen LogP contribution in [0.3, 0.4) is 0 Å². The highest BCUT2D eigenvalue weighted by Crippen LogP contribution is 2.66. The van der Waals surface area contributed by atoms with Gasteiger partial charge in [0.15, 0.2) is 0 Å². The molecule has 0 saturated heterocycles. The van der Waals surface area contributed by atoms with Gasteiger partial charge in [0.2, 0.25) is 0 Å². The maximum absolute atomic E-state index is 10.7. The van der Waals surface area contributed by atoms with Gasteiger partial charge in [-0.3, -0.25) is 0 Å². The third-order valence-corrected chi connectivity index (χ3v) is 9.90. The van der Waals surface area contributed by atoms with Crippen molar-refractivity contribution in [2.45, 2.75) is 99.2 Å². The van der Waals surface area contributed by atoms with E-state index in [1.807, 2.05) is 0 Å². The van der Waals surface area contributed by atoms with E-state index in [9.17, 15) is 5.11 Å². The molecule has 0 spiro atoms. The van der Waals surface area contributed by atoms with E-state index < -0.39 is 0 Å². The largest absolute Gasteiger partial charge is 0.393 e. The quantitative estimate of drug-likeness (QED) is 0.511. The monoisotopic (exact) mass is 412 g/mol. The van der Waals surface area contributed by atoms with E-state index >= 15 is 0 Å². The number of ether oxygens (including phenoxy) is 1. The second kappa shape index (κ2) is 7.62. The second-order valence-corrected chi connectivity index (χ2v) is 12.1. The van der Waals surface area contributed by atoms with Gasteiger partial charge >= 0.3 is 0 Å². The molecule has 4 aliphatic carbocycles. The number of aliphatic hydroxyl groups excluding tert-OH is 1. The summed E-state index contributed by atoms with van der Waals surface area (Å²) in [4.78, 5) is 0. The lowest BCUT2D eigenvalue weighted by Gasteiger charge is -2.59. The molecule has 0 bridgehead atoms. The average molecular weight is 413 g/mol. The standard InChI is InChI=1S/C28H44O2/c1-18(2)14-17-30-19(3)21-9-10-22-20-8-11-24-26(4,5)25(29)13-16-28(24,7)23(20)12-15-27(21,22)6/h8,11,14,19,21,23-25,29H,9-10,12-13,15-17H2,1-7H3/t19-,21+,23-,24+,25-,27+,28+/m0/s1. The Morgan fingerprint density at radius 2 is 1.90 bits per heavy atom. The molecule has 30 heavy (non-hydrogen) atoms. The first-order valence-electron chi connectivity index (χ1n) is 12.4. The summed E-state index contributed by atoms with van der Waals surface area (Å²) in [6, 6.07) is 0. The molecule has 168 valence electrons. The molecule has 2 saturated carbocycles. The van der Waals surface area contributed by atoms with Crippen LogP contribution >= 0.6 is 0 Å². The smallest absolute Gasteiger partial charge is 0.0653 e. The highest BCUT2D eigenvalue weighted by Gasteiger charge is 2.58. The van der Waals surface area contributed by atoms with E-state index in [1.54, 1.807) is 11.1 Å². The molecule has 0 aromatic carbocycles. The van der Waals surface area contributed by atoms with Crippen LogP contribution in [-0.4, -0.2) is 23.9 Å². The summed E-state index contributed by atoms with van der Waals surface area (Å²) in [6.45, 7) is 16.9. The zero-order valence-corrected chi connectivity index (χ0v) is 20.4. The molecule has 0 unspecified atom stereocenters. The second-order valence-electron chi connectivity index (χ2n) is 12.1. The molecule has 4 rings (SSSR count). The van der Waals surface area contributed by atoms with E-state index in [0.717, 1.165) is 19.4 Å². The SMILES string of the molecule is CC(C)=CCO[C@@H](C)[C@H]1CCC2=C3C=C[C@@H]4C(C)(C)[C@@H](O)CC[C@]4(C)[C@H]3CC[C@@]21C. The molecule has 0 radical (unpaired) electrons. The summed E-state index contributed by atoms with van der Waals surface area (Å²) in [5.74, 6) is 1.74. The molecule has 7 atom stereocenters. The molecule has 2 fully saturated rings. The minimum Gasteiger partial charge on any atom is -0.393 e. The summed E-state index contributed by atoms with van der Waals surface area (Å²) >= 11 is 0. The van der Waals surface area contributed by atoms with Crippen molar-refractivity contribution in [3.63, 3.8) is 0 Å². The Morgan fingerprint density at radius 1 is 1.17 bits per heavy atom. The van der Waals surface area contributed by atoms with Crippen LogP contribution in [0.4, 0.5) is 0 Å². The Balaban J connectivity index is 1.64. The highest BCUT2D eigenvalue weighted by atomic mass is 16.5. The van der Waals surface area contributed by atoms with Gasteiger partial charge in [0.1, 0.15) is 0 Å². The van der Waals surface area contributed by atoms with Crippen molar-refractivity contribution in [1.82, 2.24) is 0 Å². The molecule has 0 aromatic rings. The lowest BCUT2D eigenvalue weighted by Crippen LogP contribution is -2.54. The average Bonchev–Trinajstić information content (AvgIpc) is 3.02. The van der Waals surface area contributed by atoms with Gasteiger partial charge in [0, 0.05) is 0 Å². The maximum atomic E-state index is 10.7. The van der Waals surface area contributed by atoms with Crippen LogP contribution in [0, 0.1) is 34.0 Å². The van der Waals surface area contributed by atoms with E-state index in [-0.39, 0.29) is 22.3 Å². The van der Waals surface area contributed by atoms with Gasteiger partial charge in [-0.2, -0.15) is 0 Å². The molecular weight excluding hydrogens is 368 g/mol. The Kier molecular flexibility index (Phi) is 5.68. The van der Waals surface area contributed by atoms with Crippen LogP contribution in [0.5, 0.6) is 0 Å². The lowest BCUT2D eigenvalue weighted by molar-refractivity contribution is -0.0983. The predicted octanol–water partition coefficient (Wildman–Crippen LogP) is 6.85. The number of fused-ring (bicyclic) bond motifs is 4. The fourth-order valence-corrected chi connectivity index (χ4v) is 7.98. The maximum Gasteiger partial charge on any atom is 0.0653 e. The number of hydrogen-bond acceptors (Lipinski definition) is 2. The first-order chi connectivity index (χ1) is 14.0. The fourth-order valence-electron chi connectivity index (χ4n) is 7.98. The zero-order chi connectivity index (χ0) is 21.9. The van der Waals surface area contributed by atoms with Crippen LogP contribution in [0.2, 0.25) is 0 Å². The summed E-state index contributed by atoms with van der Waals surface area (Å²) in [5, 5.41) is 10.7. The molecule has 4 aliphatic rings. The van der Waals surface area contributed by atoms with E-state index in [4.69, 9.17) is 4.74 Å².